The second-order valence-corrected chi connectivity index (χ2v) is 6.06. The zero-order valence-electron chi connectivity index (χ0n) is 12.7. The van der Waals surface area contributed by atoms with E-state index in [1.54, 1.807) is 0 Å². The Morgan fingerprint density at radius 3 is 2.64 bits per heavy atom. The maximum atomic E-state index is 12.3. The van der Waals surface area contributed by atoms with Crippen molar-refractivity contribution in [3.8, 4) is 5.75 Å². The molecule has 1 aromatic carbocycles. The first-order valence-corrected chi connectivity index (χ1v) is 7.34. The second-order valence-electron chi connectivity index (χ2n) is 6.06. The van der Waals surface area contributed by atoms with Gasteiger partial charge in [-0.1, -0.05) is 6.07 Å². The van der Waals surface area contributed by atoms with Gasteiger partial charge in [-0.05, 0) is 26.0 Å². The van der Waals surface area contributed by atoms with Crippen LogP contribution in [0.25, 0.3) is 0 Å². The Labute approximate surface area is 128 Å². The Bertz CT molecular complexity index is 579. The molecule has 0 spiro atoms. The van der Waals surface area contributed by atoms with Crippen molar-refractivity contribution >= 4 is 11.7 Å². The summed E-state index contributed by atoms with van der Waals surface area (Å²) in [4.78, 5) is 22.6. The lowest BCUT2D eigenvalue weighted by Crippen LogP contribution is -2.86. The number of piperidine rings is 1. The molecule has 1 aliphatic heterocycles. The van der Waals surface area contributed by atoms with Crippen molar-refractivity contribution in [2.45, 2.75) is 32.3 Å². The lowest BCUT2D eigenvalue weighted by Gasteiger charge is -2.35. The third-order valence-corrected chi connectivity index (χ3v) is 4.19. The van der Waals surface area contributed by atoms with Crippen molar-refractivity contribution in [2.75, 3.05) is 13.1 Å². The van der Waals surface area contributed by atoms with E-state index in [9.17, 15) is 20.0 Å². The molecule has 2 rings (SSSR count). The van der Waals surface area contributed by atoms with Crippen molar-refractivity contribution < 1.29 is 24.9 Å². The van der Waals surface area contributed by atoms with Gasteiger partial charge in [0.1, 0.15) is 11.2 Å². The molecule has 1 aliphatic rings. The number of aromatic hydroxyl groups is 1. The van der Waals surface area contributed by atoms with E-state index in [1.807, 2.05) is 13.8 Å². The first kappa shape index (κ1) is 16.2. The van der Waals surface area contributed by atoms with Gasteiger partial charge in [-0.3, -0.25) is 10.1 Å². The molecule has 7 heteroatoms. The number of nitro groups is 1. The average Bonchev–Trinajstić information content (AvgIpc) is 2.47. The lowest BCUT2D eigenvalue weighted by atomic mass is 9.83. The van der Waals surface area contributed by atoms with Crippen molar-refractivity contribution in [1.29, 1.82) is 0 Å². The number of benzene rings is 1. The van der Waals surface area contributed by atoms with E-state index in [4.69, 9.17) is 4.74 Å². The van der Waals surface area contributed by atoms with E-state index in [1.165, 1.54) is 18.2 Å². The first-order valence-electron chi connectivity index (χ1n) is 7.34. The van der Waals surface area contributed by atoms with Crippen LogP contribution in [0.2, 0.25) is 0 Å². The molecule has 0 amide bonds. The molecular weight excluding hydrogens is 288 g/mol. The summed E-state index contributed by atoms with van der Waals surface area (Å²) in [6.45, 7) is 5.63. The molecule has 0 atom stereocenters. The number of rotatable bonds is 4. The number of hydrogen-bond donors (Lipinski definition) is 2. The van der Waals surface area contributed by atoms with Crippen molar-refractivity contribution in [3.63, 3.8) is 0 Å². The van der Waals surface area contributed by atoms with Crippen LogP contribution in [0.4, 0.5) is 5.69 Å². The molecule has 1 aromatic rings. The summed E-state index contributed by atoms with van der Waals surface area (Å²) in [7, 11) is 0. The standard InChI is InChI=1S/C15H20N2O5/c1-15(2,10-6-8-16-9-7-10)22-14(19)11-4-3-5-12(18)13(11)17(20)21/h3-5,10,16,18H,6-9H2,1-2H3/p+1. The van der Waals surface area contributed by atoms with E-state index in [0.29, 0.717) is 0 Å². The highest BCUT2D eigenvalue weighted by molar-refractivity contribution is 5.95. The second kappa shape index (κ2) is 6.31. The molecule has 0 unspecified atom stereocenters. The van der Waals surface area contributed by atoms with Gasteiger partial charge in [-0.15, -0.1) is 0 Å². The van der Waals surface area contributed by atoms with Crippen molar-refractivity contribution in [3.05, 3.63) is 33.9 Å². The van der Waals surface area contributed by atoms with Crippen molar-refractivity contribution in [1.82, 2.24) is 0 Å². The van der Waals surface area contributed by atoms with Gasteiger partial charge in [0.2, 0.25) is 0 Å². The molecule has 1 saturated heterocycles. The number of para-hydroxylation sites is 1. The van der Waals surface area contributed by atoms with Crippen LogP contribution < -0.4 is 5.32 Å². The summed E-state index contributed by atoms with van der Waals surface area (Å²) in [6, 6.07) is 3.86. The van der Waals surface area contributed by atoms with Gasteiger partial charge in [0.15, 0.2) is 5.75 Å². The van der Waals surface area contributed by atoms with Crippen LogP contribution in [-0.2, 0) is 4.74 Å². The number of nitrogens with zero attached hydrogens (tertiary/aromatic N) is 1. The maximum Gasteiger partial charge on any atom is 0.345 e. The molecule has 120 valence electrons. The Morgan fingerprint density at radius 1 is 1.41 bits per heavy atom. The number of ether oxygens (including phenoxy) is 1. The fraction of sp³-hybridized carbons (Fsp3) is 0.533. The Hall–Kier alpha value is -2.15. The zero-order valence-corrected chi connectivity index (χ0v) is 12.7. The van der Waals surface area contributed by atoms with Crippen LogP contribution >= 0.6 is 0 Å². The topological polar surface area (TPSA) is 106 Å². The largest absolute Gasteiger partial charge is 0.502 e. The minimum atomic E-state index is -0.776. The van der Waals surface area contributed by atoms with Gasteiger partial charge in [0.25, 0.3) is 0 Å². The van der Waals surface area contributed by atoms with Gasteiger partial charge < -0.3 is 15.2 Å². The lowest BCUT2D eigenvalue weighted by molar-refractivity contribution is -0.665. The zero-order chi connectivity index (χ0) is 16.3. The molecule has 0 saturated carbocycles. The monoisotopic (exact) mass is 309 g/mol. The summed E-state index contributed by atoms with van der Waals surface area (Å²) in [5.41, 5.74) is -1.54. The predicted octanol–water partition coefficient (Wildman–Crippen LogP) is 1.21. The predicted molar refractivity (Wildman–Crippen MR) is 78.6 cm³/mol. The Balaban J connectivity index is 2.22. The molecular formula is C15H21N2O5+. The molecule has 1 heterocycles. The van der Waals surface area contributed by atoms with Gasteiger partial charge in [-0.25, -0.2) is 4.79 Å². The molecule has 0 bridgehead atoms. The summed E-state index contributed by atoms with van der Waals surface area (Å²) in [5.74, 6) is -1.09. The maximum absolute atomic E-state index is 12.3. The fourth-order valence-corrected chi connectivity index (χ4v) is 2.89. The highest BCUT2D eigenvalue weighted by Crippen LogP contribution is 2.33. The molecule has 3 N–H and O–H groups in total. The van der Waals surface area contributed by atoms with Gasteiger partial charge >= 0.3 is 11.7 Å². The van der Waals surface area contributed by atoms with Crippen molar-refractivity contribution in [2.24, 2.45) is 5.92 Å². The molecule has 0 aromatic heterocycles. The number of nitrogens with two attached hydrogens (primary N) is 1. The summed E-state index contributed by atoms with van der Waals surface area (Å²) in [6.07, 6.45) is 1.87. The smallest absolute Gasteiger partial charge is 0.345 e. The van der Waals surface area contributed by atoms with Crippen LogP contribution in [0.1, 0.15) is 37.0 Å². The molecule has 7 nitrogen and oxygen atoms in total. The van der Waals surface area contributed by atoms with E-state index in [2.05, 4.69) is 5.32 Å². The van der Waals surface area contributed by atoms with E-state index >= 15 is 0 Å². The van der Waals surface area contributed by atoms with E-state index < -0.39 is 27.9 Å². The summed E-state index contributed by atoms with van der Waals surface area (Å²) >= 11 is 0. The SMILES string of the molecule is CC(C)(OC(=O)c1cccc(O)c1[N+](=O)[O-])C1CC[NH2+]CC1. The molecule has 22 heavy (non-hydrogen) atoms. The molecule has 1 fully saturated rings. The van der Waals surface area contributed by atoms with Gasteiger partial charge in [0.05, 0.1) is 18.0 Å². The average molecular weight is 309 g/mol. The van der Waals surface area contributed by atoms with E-state index in [0.717, 1.165) is 25.9 Å². The van der Waals surface area contributed by atoms with Crippen LogP contribution in [0, 0.1) is 16.0 Å². The fourth-order valence-electron chi connectivity index (χ4n) is 2.89. The number of hydrogen-bond acceptors (Lipinski definition) is 5. The number of nitro benzene ring substituents is 1. The number of phenolic OH excluding ortho intramolecular Hbond substituents is 1. The third-order valence-electron chi connectivity index (χ3n) is 4.19. The number of quaternary nitrogens is 1. The normalized spacial score (nSPS) is 16.3. The number of phenols is 1. The minimum Gasteiger partial charge on any atom is -0.502 e. The summed E-state index contributed by atoms with van der Waals surface area (Å²) < 4.78 is 5.54. The minimum absolute atomic E-state index is 0.220. The highest BCUT2D eigenvalue weighted by Gasteiger charge is 2.37. The third kappa shape index (κ3) is 3.36. The van der Waals surface area contributed by atoms with E-state index in [-0.39, 0.29) is 11.5 Å². The van der Waals surface area contributed by atoms with Crippen LogP contribution in [0.3, 0.4) is 0 Å². The van der Waals surface area contributed by atoms with Crippen LogP contribution in [-0.4, -0.2) is 34.7 Å². The quantitative estimate of drug-likeness (QED) is 0.494. The van der Waals surface area contributed by atoms with Crippen LogP contribution in [0.15, 0.2) is 18.2 Å². The Kier molecular flexibility index (Phi) is 4.65. The van der Waals surface area contributed by atoms with Gasteiger partial charge in [0, 0.05) is 18.8 Å². The molecule has 0 aliphatic carbocycles. The first-order chi connectivity index (χ1) is 10.3. The number of carbonyl (C=O) groups is 1. The Morgan fingerprint density at radius 2 is 2.05 bits per heavy atom. The highest BCUT2D eigenvalue weighted by atomic mass is 16.6. The van der Waals surface area contributed by atoms with Crippen LogP contribution in [0.5, 0.6) is 5.75 Å². The molecule has 0 radical (unpaired) electrons. The van der Waals surface area contributed by atoms with Gasteiger partial charge in [-0.2, -0.15) is 0 Å². The number of esters is 1. The summed E-state index contributed by atoms with van der Waals surface area (Å²) in [5, 5.41) is 22.9. The number of carbonyl (C=O) groups excluding carboxylic acids is 1.